The third kappa shape index (κ3) is 0.990. The number of hydrogen-bond acceptors (Lipinski definition) is 1. The van der Waals surface area contributed by atoms with E-state index in [1.54, 1.807) is 0 Å². The van der Waals surface area contributed by atoms with Crippen molar-refractivity contribution in [1.29, 1.82) is 0 Å². The molecular formula is C7H11NS. The van der Waals surface area contributed by atoms with E-state index in [-0.39, 0.29) is 0 Å². The summed E-state index contributed by atoms with van der Waals surface area (Å²) >= 11 is 5.08. The van der Waals surface area contributed by atoms with E-state index in [0.717, 1.165) is 11.4 Å². The molecule has 1 rings (SSSR count). The first-order valence-corrected chi connectivity index (χ1v) is 3.46. The van der Waals surface area contributed by atoms with Gasteiger partial charge in [-0.15, -0.1) is 0 Å². The van der Waals surface area contributed by atoms with Crippen LogP contribution in [0.25, 0.3) is 0 Å². The molecule has 0 radical (unpaired) electrons. The van der Waals surface area contributed by atoms with Crippen molar-refractivity contribution >= 4 is 17.2 Å². The number of rotatable bonds is 0. The van der Waals surface area contributed by atoms with Crippen molar-refractivity contribution in [1.82, 2.24) is 4.90 Å². The lowest BCUT2D eigenvalue weighted by molar-refractivity contribution is 0.650. The maximum absolute atomic E-state index is 5.08. The molecule has 0 N–H and O–H groups in total. The summed E-state index contributed by atoms with van der Waals surface area (Å²) in [6.45, 7) is 4.24. The van der Waals surface area contributed by atoms with Crippen LogP contribution in [-0.4, -0.2) is 16.9 Å². The molecular weight excluding hydrogens is 130 g/mol. The summed E-state index contributed by atoms with van der Waals surface area (Å²) in [4.78, 5) is 3.12. The average molecular weight is 141 g/mol. The number of thiocarbonyl (C=S) groups is 1. The van der Waals surface area contributed by atoms with Crippen molar-refractivity contribution in [2.45, 2.75) is 20.3 Å². The number of allylic oxidation sites excluding steroid dienone is 1. The summed E-state index contributed by atoms with van der Waals surface area (Å²) < 4.78 is 0. The van der Waals surface area contributed by atoms with Gasteiger partial charge in [-0.3, -0.25) is 0 Å². The standard InChI is InChI=1S/C7H11NS/c1-5-4-7(9)8(3)6(5)2/h4H2,1-3H3. The lowest BCUT2D eigenvalue weighted by atomic mass is 10.2. The summed E-state index contributed by atoms with van der Waals surface area (Å²) in [5.41, 5.74) is 2.72. The summed E-state index contributed by atoms with van der Waals surface area (Å²) in [6.07, 6.45) is 0.984. The van der Waals surface area contributed by atoms with E-state index in [1.807, 2.05) is 7.05 Å². The first kappa shape index (κ1) is 6.75. The normalized spacial score (nSPS) is 19.9. The molecule has 2 heteroatoms. The molecule has 0 spiro atoms. The van der Waals surface area contributed by atoms with Crippen LogP contribution in [0.1, 0.15) is 20.3 Å². The van der Waals surface area contributed by atoms with E-state index < -0.39 is 0 Å². The minimum Gasteiger partial charge on any atom is -0.343 e. The van der Waals surface area contributed by atoms with E-state index in [4.69, 9.17) is 12.2 Å². The first-order valence-electron chi connectivity index (χ1n) is 3.06. The largest absolute Gasteiger partial charge is 0.343 e. The van der Waals surface area contributed by atoms with Gasteiger partial charge >= 0.3 is 0 Å². The summed E-state index contributed by atoms with van der Waals surface area (Å²) in [5, 5.41) is 0. The molecule has 0 aromatic heterocycles. The van der Waals surface area contributed by atoms with Crippen molar-refractivity contribution in [3.05, 3.63) is 11.3 Å². The molecule has 0 atom stereocenters. The second kappa shape index (κ2) is 2.10. The van der Waals surface area contributed by atoms with Gasteiger partial charge in [0.05, 0.1) is 4.99 Å². The average Bonchev–Trinajstić information content (AvgIpc) is 1.98. The maximum atomic E-state index is 5.08. The van der Waals surface area contributed by atoms with Gasteiger partial charge in [0, 0.05) is 19.2 Å². The third-order valence-electron chi connectivity index (χ3n) is 1.91. The molecule has 0 aromatic rings. The lowest BCUT2D eigenvalue weighted by Crippen LogP contribution is -2.15. The predicted molar refractivity (Wildman–Crippen MR) is 43.4 cm³/mol. The minimum absolute atomic E-state index is 0.984. The molecule has 1 heterocycles. The van der Waals surface area contributed by atoms with E-state index in [9.17, 15) is 0 Å². The fourth-order valence-corrected chi connectivity index (χ4v) is 1.30. The molecule has 0 fully saturated rings. The van der Waals surface area contributed by atoms with Crippen LogP contribution in [0.5, 0.6) is 0 Å². The Morgan fingerprint density at radius 2 is 2.00 bits per heavy atom. The van der Waals surface area contributed by atoms with Gasteiger partial charge in [0.2, 0.25) is 0 Å². The topological polar surface area (TPSA) is 3.24 Å². The van der Waals surface area contributed by atoms with Crippen LogP contribution in [0, 0.1) is 0 Å². The molecule has 0 aliphatic carbocycles. The molecule has 0 amide bonds. The summed E-state index contributed by atoms with van der Waals surface area (Å²) in [7, 11) is 2.02. The monoisotopic (exact) mass is 141 g/mol. The van der Waals surface area contributed by atoms with Crippen LogP contribution < -0.4 is 0 Å². The van der Waals surface area contributed by atoms with Crippen molar-refractivity contribution in [3.8, 4) is 0 Å². The Hall–Kier alpha value is -0.370. The Morgan fingerprint density at radius 3 is 2.11 bits per heavy atom. The van der Waals surface area contributed by atoms with Crippen molar-refractivity contribution in [3.63, 3.8) is 0 Å². The van der Waals surface area contributed by atoms with Gasteiger partial charge in [0.1, 0.15) is 0 Å². The Labute approximate surface area is 61.4 Å². The number of hydrogen-bond donors (Lipinski definition) is 0. The second-order valence-corrected chi connectivity index (χ2v) is 2.97. The predicted octanol–water partition coefficient (Wildman–Crippen LogP) is 1.94. The van der Waals surface area contributed by atoms with E-state index in [0.29, 0.717) is 0 Å². The van der Waals surface area contributed by atoms with Crippen molar-refractivity contribution in [2.75, 3.05) is 7.05 Å². The smallest absolute Gasteiger partial charge is 0.0860 e. The Morgan fingerprint density at radius 1 is 1.44 bits per heavy atom. The SMILES string of the molecule is CC1=C(C)N(C)C(=S)C1. The molecule has 0 bridgehead atoms. The first-order chi connectivity index (χ1) is 4.13. The molecule has 0 saturated heterocycles. The van der Waals surface area contributed by atoms with Crippen LogP contribution >= 0.6 is 12.2 Å². The second-order valence-electron chi connectivity index (χ2n) is 2.50. The van der Waals surface area contributed by atoms with Gasteiger partial charge in [0.25, 0.3) is 0 Å². The third-order valence-corrected chi connectivity index (χ3v) is 2.33. The zero-order valence-electron chi connectivity index (χ0n) is 6.06. The quantitative estimate of drug-likeness (QED) is 0.474. The lowest BCUT2D eigenvalue weighted by Gasteiger charge is -2.11. The van der Waals surface area contributed by atoms with Gasteiger partial charge in [-0.1, -0.05) is 12.2 Å². The highest BCUT2D eigenvalue weighted by atomic mass is 32.1. The minimum atomic E-state index is 0.984. The highest BCUT2D eigenvalue weighted by molar-refractivity contribution is 7.80. The molecule has 9 heavy (non-hydrogen) atoms. The van der Waals surface area contributed by atoms with Crippen LogP contribution in [0.15, 0.2) is 11.3 Å². The molecule has 50 valence electrons. The molecule has 0 saturated carbocycles. The van der Waals surface area contributed by atoms with E-state index in [2.05, 4.69) is 18.7 Å². The van der Waals surface area contributed by atoms with Crippen LogP contribution in [-0.2, 0) is 0 Å². The van der Waals surface area contributed by atoms with Gasteiger partial charge in [-0.25, -0.2) is 0 Å². The molecule has 0 unspecified atom stereocenters. The van der Waals surface area contributed by atoms with Crippen LogP contribution in [0.2, 0.25) is 0 Å². The Balaban J connectivity index is 2.87. The Kier molecular flexibility index (Phi) is 1.58. The van der Waals surface area contributed by atoms with Crippen molar-refractivity contribution in [2.24, 2.45) is 0 Å². The molecule has 1 nitrogen and oxygen atoms in total. The van der Waals surface area contributed by atoms with E-state index in [1.165, 1.54) is 11.3 Å². The fraction of sp³-hybridized carbons (Fsp3) is 0.571. The molecule has 1 aliphatic heterocycles. The van der Waals surface area contributed by atoms with E-state index >= 15 is 0 Å². The van der Waals surface area contributed by atoms with Gasteiger partial charge in [-0.2, -0.15) is 0 Å². The Bertz CT molecular complexity index is 181. The summed E-state index contributed by atoms with van der Waals surface area (Å²) in [5.74, 6) is 0. The van der Waals surface area contributed by atoms with Crippen LogP contribution in [0.3, 0.4) is 0 Å². The fourth-order valence-electron chi connectivity index (χ4n) is 0.947. The number of nitrogens with zero attached hydrogens (tertiary/aromatic N) is 1. The maximum Gasteiger partial charge on any atom is 0.0860 e. The van der Waals surface area contributed by atoms with Gasteiger partial charge in [-0.05, 0) is 19.4 Å². The molecule has 0 aromatic carbocycles. The van der Waals surface area contributed by atoms with Crippen LogP contribution in [0.4, 0.5) is 0 Å². The zero-order chi connectivity index (χ0) is 7.02. The van der Waals surface area contributed by atoms with Crippen molar-refractivity contribution < 1.29 is 0 Å². The highest BCUT2D eigenvalue weighted by Crippen LogP contribution is 2.21. The highest BCUT2D eigenvalue weighted by Gasteiger charge is 2.16. The van der Waals surface area contributed by atoms with Gasteiger partial charge in [0.15, 0.2) is 0 Å². The summed E-state index contributed by atoms with van der Waals surface area (Å²) in [6, 6.07) is 0. The van der Waals surface area contributed by atoms with Gasteiger partial charge < -0.3 is 4.90 Å². The molecule has 1 aliphatic rings. The zero-order valence-corrected chi connectivity index (χ0v) is 6.88.